The number of nitrogens with zero attached hydrogens (tertiary/aromatic N) is 5. The standard InChI is InChI=1S/C21H19Cl2N9O/c1-32(33)16-4-5-17(30-19(16)24)25-6-9-28-21-29-11-14(20-26-7-8-27-20)18(31-21)13-3-2-12(22)10-15(13)23/h2-5,7-8,10-11H,1,6,9H2,(H,26,27)(H3,24,25,30)(H,28,29,31). The average Bonchev–Trinajstić information content (AvgIpc) is 3.31. The summed E-state index contributed by atoms with van der Waals surface area (Å²) < 4.78 is 0.419. The van der Waals surface area contributed by atoms with E-state index >= 15 is 0 Å². The summed E-state index contributed by atoms with van der Waals surface area (Å²) >= 11 is 12.5. The molecular formula is C21H19Cl2N9O. The number of anilines is 3. The van der Waals surface area contributed by atoms with Gasteiger partial charge >= 0.3 is 0 Å². The van der Waals surface area contributed by atoms with Crippen molar-refractivity contribution in [3.8, 4) is 22.6 Å². The Hall–Kier alpha value is -3.89. The van der Waals surface area contributed by atoms with Crippen LogP contribution in [0.25, 0.3) is 22.6 Å². The first-order valence-electron chi connectivity index (χ1n) is 9.76. The minimum absolute atomic E-state index is 0.0966. The van der Waals surface area contributed by atoms with Crippen LogP contribution in [0.1, 0.15) is 0 Å². The molecule has 0 radical (unpaired) electrons. The second-order valence-corrected chi connectivity index (χ2v) is 7.69. The Bertz CT molecular complexity index is 1300. The van der Waals surface area contributed by atoms with Crippen molar-refractivity contribution in [3.63, 3.8) is 0 Å². The zero-order valence-corrected chi connectivity index (χ0v) is 18.7. The molecule has 33 heavy (non-hydrogen) atoms. The van der Waals surface area contributed by atoms with Crippen LogP contribution < -0.4 is 16.4 Å². The molecule has 0 saturated carbocycles. The fourth-order valence-electron chi connectivity index (χ4n) is 3.08. The van der Waals surface area contributed by atoms with Crippen LogP contribution in [0.4, 0.5) is 23.3 Å². The highest BCUT2D eigenvalue weighted by atomic mass is 35.5. The number of hydrogen-bond donors (Lipinski definition) is 4. The van der Waals surface area contributed by atoms with Crippen LogP contribution in [0.15, 0.2) is 48.9 Å². The van der Waals surface area contributed by atoms with Crippen molar-refractivity contribution >= 4 is 53.2 Å². The number of benzene rings is 1. The third kappa shape index (κ3) is 5.13. The summed E-state index contributed by atoms with van der Waals surface area (Å²) in [5.74, 6) is 1.66. The highest BCUT2D eigenvalue weighted by Crippen LogP contribution is 2.35. The van der Waals surface area contributed by atoms with E-state index in [0.29, 0.717) is 62.3 Å². The van der Waals surface area contributed by atoms with Crippen molar-refractivity contribution in [2.24, 2.45) is 0 Å². The molecule has 12 heteroatoms. The van der Waals surface area contributed by atoms with Gasteiger partial charge in [-0.05, 0) is 24.3 Å². The van der Waals surface area contributed by atoms with Crippen LogP contribution in [0.5, 0.6) is 0 Å². The maximum absolute atomic E-state index is 11.3. The second-order valence-electron chi connectivity index (χ2n) is 6.85. The number of imidazole rings is 1. The average molecular weight is 484 g/mol. The lowest BCUT2D eigenvalue weighted by Crippen LogP contribution is -2.16. The molecule has 0 amide bonds. The number of nitrogens with one attached hydrogen (secondary N) is 3. The van der Waals surface area contributed by atoms with E-state index in [2.05, 4.69) is 42.3 Å². The van der Waals surface area contributed by atoms with Crippen molar-refractivity contribution in [1.82, 2.24) is 24.9 Å². The molecular weight excluding hydrogens is 465 g/mol. The summed E-state index contributed by atoms with van der Waals surface area (Å²) in [4.78, 5) is 20.6. The Morgan fingerprint density at radius 2 is 1.88 bits per heavy atom. The molecule has 168 valence electrons. The van der Waals surface area contributed by atoms with Gasteiger partial charge in [-0.25, -0.2) is 19.9 Å². The number of hydrogen-bond acceptors (Lipinski definition) is 8. The fraction of sp³-hybridized carbons (Fsp3) is 0.0952. The number of pyridine rings is 1. The molecule has 4 rings (SSSR count). The van der Waals surface area contributed by atoms with E-state index in [9.17, 15) is 5.21 Å². The predicted octanol–water partition coefficient (Wildman–Crippen LogP) is 4.18. The van der Waals surface area contributed by atoms with Crippen molar-refractivity contribution in [3.05, 3.63) is 64.2 Å². The molecule has 0 bridgehead atoms. The van der Waals surface area contributed by atoms with E-state index in [1.807, 2.05) is 0 Å². The van der Waals surface area contributed by atoms with E-state index in [1.165, 1.54) is 0 Å². The number of aromatic nitrogens is 5. The Kier molecular flexibility index (Phi) is 6.57. The van der Waals surface area contributed by atoms with Gasteiger partial charge in [-0.15, -0.1) is 0 Å². The normalized spacial score (nSPS) is 10.7. The molecule has 4 aromatic rings. The van der Waals surface area contributed by atoms with Crippen LogP contribution in [-0.2, 0) is 0 Å². The maximum Gasteiger partial charge on any atom is 0.258 e. The monoisotopic (exact) mass is 483 g/mol. The van der Waals surface area contributed by atoms with Gasteiger partial charge in [0.15, 0.2) is 5.82 Å². The number of nitrogens with two attached hydrogens (primary N) is 1. The molecule has 10 nitrogen and oxygen atoms in total. The summed E-state index contributed by atoms with van der Waals surface area (Å²) in [7, 11) is 0. The first kappa shape index (κ1) is 22.3. The molecule has 0 aliphatic carbocycles. The summed E-state index contributed by atoms with van der Waals surface area (Å²) in [5.41, 5.74) is 7.99. The number of aromatic amines is 1. The zero-order valence-electron chi connectivity index (χ0n) is 17.2. The van der Waals surface area contributed by atoms with Crippen molar-refractivity contribution in [1.29, 1.82) is 0 Å². The van der Waals surface area contributed by atoms with Crippen LogP contribution in [-0.4, -0.2) is 49.5 Å². The quantitative estimate of drug-likeness (QED) is 0.0959. The maximum atomic E-state index is 11.3. The highest BCUT2D eigenvalue weighted by molar-refractivity contribution is 6.36. The number of nitrogen functional groups attached to an aromatic ring is 1. The van der Waals surface area contributed by atoms with Crippen LogP contribution >= 0.6 is 23.2 Å². The third-order valence-corrected chi connectivity index (χ3v) is 5.16. The molecule has 0 atom stereocenters. The van der Waals surface area contributed by atoms with Gasteiger partial charge in [-0.1, -0.05) is 23.2 Å². The van der Waals surface area contributed by atoms with Gasteiger partial charge in [0.05, 0.1) is 16.3 Å². The minimum Gasteiger partial charge on any atom is -0.619 e. The smallest absolute Gasteiger partial charge is 0.258 e. The molecule has 1 aromatic carbocycles. The van der Waals surface area contributed by atoms with E-state index < -0.39 is 0 Å². The Balaban J connectivity index is 1.49. The van der Waals surface area contributed by atoms with Crippen LogP contribution in [0.3, 0.4) is 0 Å². The second kappa shape index (κ2) is 9.72. The molecule has 0 saturated heterocycles. The Morgan fingerprint density at radius 1 is 1.06 bits per heavy atom. The highest BCUT2D eigenvalue weighted by Gasteiger charge is 2.16. The largest absolute Gasteiger partial charge is 0.619 e. The predicted molar refractivity (Wildman–Crippen MR) is 131 cm³/mol. The van der Waals surface area contributed by atoms with Crippen molar-refractivity contribution in [2.75, 3.05) is 29.5 Å². The van der Waals surface area contributed by atoms with Gasteiger partial charge in [0, 0.05) is 48.3 Å². The molecule has 0 aliphatic heterocycles. The third-order valence-electron chi connectivity index (χ3n) is 4.61. The summed E-state index contributed by atoms with van der Waals surface area (Å²) in [6, 6.07) is 8.42. The summed E-state index contributed by atoms with van der Waals surface area (Å²) in [5, 5.41) is 18.6. The molecule has 3 heterocycles. The van der Waals surface area contributed by atoms with Gasteiger partial charge in [0.25, 0.3) is 5.69 Å². The topological polar surface area (TPSA) is 144 Å². The van der Waals surface area contributed by atoms with Gasteiger partial charge in [-0.2, -0.15) is 4.74 Å². The molecule has 0 aliphatic rings. The van der Waals surface area contributed by atoms with Crippen LogP contribution in [0, 0.1) is 5.21 Å². The number of halogens is 2. The van der Waals surface area contributed by atoms with Crippen LogP contribution in [0.2, 0.25) is 10.0 Å². The Morgan fingerprint density at radius 3 is 2.58 bits per heavy atom. The molecule has 0 unspecified atom stereocenters. The van der Waals surface area contributed by atoms with E-state index in [1.54, 1.807) is 48.9 Å². The zero-order chi connectivity index (χ0) is 23.4. The lowest BCUT2D eigenvalue weighted by Gasteiger charge is -2.12. The van der Waals surface area contributed by atoms with Crippen molar-refractivity contribution < 1.29 is 4.74 Å². The van der Waals surface area contributed by atoms with Gasteiger partial charge in [0.1, 0.15) is 18.4 Å². The lowest BCUT2D eigenvalue weighted by molar-refractivity contribution is -0.349. The van der Waals surface area contributed by atoms with Gasteiger partial charge in [0.2, 0.25) is 5.95 Å². The number of H-pyrrole nitrogens is 1. The van der Waals surface area contributed by atoms with Gasteiger partial charge < -0.3 is 26.6 Å². The van der Waals surface area contributed by atoms with Crippen molar-refractivity contribution in [2.45, 2.75) is 0 Å². The summed E-state index contributed by atoms with van der Waals surface area (Å²) in [6.45, 7) is 4.25. The first-order chi connectivity index (χ1) is 15.9. The number of rotatable bonds is 8. The summed E-state index contributed by atoms with van der Waals surface area (Å²) in [6.07, 6.45) is 5.05. The van der Waals surface area contributed by atoms with E-state index in [-0.39, 0.29) is 11.5 Å². The minimum atomic E-state index is 0.0966. The Labute approximate surface area is 199 Å². The molecule has 3 aromatic heterocycles. The molecule has 0 fully saturated rings. The fourth-order valence-corrected chi connectivity index (χ4v) is 3.58. The van der Waals surface area contributed by atoms with E-state index in [4.69, 9.17) is 28.9 Å². The molecule has 0 spiro atoms. The molecule has 5 N–H and O–H groups in total. The van der Waals surface area contributed by atoms with E-state index in [0.717, 1.165) is 0 Å². The SMILES string of the molecule is C=[N+]([O-])c1ccc(NCCNc2ncc(-c3ncc[nH]3)c(-c3ccc(Cl)cc3Cl)n2)nc1N. The first-order valence-corrected chi connectivity index (χ1v) is 10.5. The lowest BCUT2D eigenvalue weighted by atomic mass is 10.1. The van der Waals surface area contributed by atoms with Gasteiger partial charge in [-0.3, -0.25) is 0 Å².